The highest BCUT2D eigenvalue weighted by Crippen LogP contribution is 2.26. The summed E-state index contributed by atoms with van der Waals surface area (Å²) in [5.74, 6) is -0.138. The Bertz CT molecular complexity index is 1250. The molecule has 0 bridgehead atoms. The Morgan fingerprint density at radius 3 is 2.57 bits per heavy atom. The number of hydrogen-bond donors (Lipinski definition) is 1. The third-order valence-electron chi connectivity index (χ3n) is 4.89. The summed E-state index contributed by atoms with van der Waals surface area (Å²) < 4.78 is 29.5. The molecule has 0 aliphatic rings. The van der Waals surface area contributed by atoms with Gasteiger partial charge in [0.2, 0.25) is 5.91 Å². The van der Waals surface area contributed by atoms with Crippen LogP contribution in [0, 0.1) is 0 Å². The maximum atomic E-state index is 13.1. The van der Waals surface area contributed by atoms with Crippen molar-refractivity contribution >= 4 is 26.8 Å². The Morgan fingerprint density at radius 2 is 1.80 bits per heavy atom. The van der Waals surface area contributed by atoms with Crippen LogP contribution < -0.4 is 5.32 Å². The van der Waals surface area contributed by atoms with E-state index >= 15 is 0 Å². The summed E-state index contributed by atoms with van der Waals surface area (Å²) in [6.45, 7) is 1.31. The summed E-state index contributed by atoms with van der Waals surface area (Å²) in [6.07, 6.45) is 7.79. The molecule has 0 spiro atoms. The molecular weight excluding hydrogens is 400 g/mol. The number of para-hydroxylation sites is 1. The quantitative estimate of drug-likeness (QED) is 0.443. The van der Waals surface area contributed by atoms with Gasteiger partial charge in [-0.2, -0.15) is 0 Å². The Kier molecular flexibility index (Phi) is 5.67. The number of nitrogens with zero attached hydrogens (tertiary/aromatic N) is 3. The summed E-state index contributed by atoms with van der Waals surface area (Å²) >= 11 is 0. The fraction of sp³-hybridized carbons (Fsp3) is 0.182. The van der Waals surface area contributed by atoms with Crippen LogP contribution in [0.4, 0.5) is 0 Å². The molecule has 4 aromatic rings. The molecule has 4 rings (SSSR count). The van der Waals surface area contributed by atoms with Crippen LogP contribution in [0.2, 0.25) is 0 Å². The normalized spacial score (nSPS) is 11.6. The van der Waals surface area contributed by atoms with Crippen LogP contribution in [0.3, 0.4) is 0 Å². The third-order valence-corrected chi connectivity index (χ3v) is 6.57. The number of hydrogen-bond acceptors (Lipinski definition) is 4. The van der Waals surface area contributed by atoms with Crippen LogP contribution in [0.5, 0.6) is 0 Å². The number of aryl methyl sites for hydroxylation is 1. The summed E-state index contributed by atoms with van der Waals surface area (Å²) in [6, 6.07) is 15.5. The molecule has 0 radical (unpaired) electrons. The van der Waals surface area contributed by atoms with Crippen molar-refractivity contribution < 1.29 is 13.2 Å². The lowest BCUT2D eigenvalue weighted by atomic mass is 10.1. The first-order chi connectivity index (χ1) is 14.6. The number of rotatable bonds is 8. The van der Waals surface area contributed by atoms with Crippen LogP contribution in [0.25, 0.3) is 10.9 Å². The Hall–Kier alpha value is -3.39. The minimum atomic E-state index is -3.75. The maximum Gasteiger partial charge on any atom is 0.268 e. The summed E-state index contributed by atoms with van der Waals surface area (Å²) in [4.78, 5) is 16.7. The van der Waals surface area contributed by atoms with Crippen LogP contribution >= 0.6 is 0 Å². The van der Waals surface area contributed by atoms with Gasteiger partial charge in [-0.1, -0.05) is 36.4 Å². The lowest BCUT2D eigenvalue weighted by Crippen LogP contribution is -2.26. The molecule has 0 atom stereocenters. The van der Waals surface area contributed by atoms with E-state index in [4.69, 9.17) is 0 Å². The molecule has 0 fully saturated rings. The molecule has 154 valence electrons. The molecule has 0 saturated heterocycles. The second-order valence-electron chi connectivity index (χ2n) is 6.97. The first-order valence-corrected chi connectivity index (χ1v) is 11.1. The second-order valence-corrected chi connectivity index (χ2v) is 8.78. The average molecular weight is 423 g/mol. The van der Waals surface area contributed by atoms with Gasteiger partial charge in [0.25, 0.3) is 10.0 Å². The zero-order valence-corrected chi connectivity index (χ0v) is 17.1. The van der Waals surface area contributed by atoms with Crippen molar-refractivity contribution in [2.24, 2.45) is 0 Å². The van der Waals surface area contributed by atoms with Gasteiger partial charge in [-0.15, -0.1) is 0 Å². The van der Waals surface area contributed by atoms with Gasteiger partial charge in [0.15, 0.2) is 0 Å². The van der Waals surface area contributed by atoms with Gasteiger partial charge < -0.3 is 9.88 Å². The molecule has 2 aromatic carbocycles. The molecule has 1 N–H and O–H groups in total. The highest BCUT2D eigenvalue weighted by molar-refractivity contribution is 7.90. The van der Waals surface area contributed by atoms with Crippen molar-refractivity contribution in [1.29, 1.82) is 0 Å². The van der Waals surface area contributed by atoms with E-state index in [1.165, 1.54) is 3.97 Å². The Labute approximate surface area is 175 Å². The van der Waals surface area contributed by atoms with Crippen molar-refractivity contribution in [2.45, 2.75) is 24.3 Å². The lowest BCUT2D eigenvalue weighted by molar-refractivity contribution is -0.120. The maximum absolute atomic E-state index is 13.1. The topological polar surface area (TPSA) is 86.0 Å². The van der Waals surface area contributed by atoms with E-state index in [1.807, 2.05) is 22.9 Å². The van der Waals surface area contributed by atoms with Crippen molar-refractivity contribution in [3.63, 3.8) is 0 Å². The summed E-state index contributed by atoms with van der Waals surface area (Å²) in [5.41, 5.74) is 1.24. The molecule has 8 heteroatoms. The van der Waals surface area contributed by atoms with Gasteiger partial charge in [-0.3, -0.25) is 4.79 Å². The van der Waals surface area contributed by atoms with E-state index in [9.17, 15) is 13.2 Å². The predicted molar refractivity (Wildman–Crippen MR) is 115 cm³/mol. The number of amides is 1. The van der Waals surface area contributed by atoms with Gasteiger partial charge in [-0.05, 0) is 30.2 Å². The minimum Gasteiger partial charge on any atom is -0.356 e. The molecule has 7 nitrogen and oxygen atoms in total. The summed E-state index contributed by atoms with van der Waals surface area (Å²) in [7, 11) is -3.75. The molecule has 0 aliphatic carbocycles. The SMILES string of the molecule is O=C(Cc1cn(S(=O)(=O)c2ccccc2)c2ccccc12)NCCCn1ccnc1. The Morgan fingerprint density at radius 1 is 1.03 bits per heavy atom. The van der Waals surface area contributed by atoms with Crippen molar-refractivity contribution in [3.05, 3.63) is 85.1 Å². The highest BCUT2D eigenvalue weighted by atomic mass is 32.2. The van der Waals surface area contributed by atoms with E-state index in [0.717, 1.165) is 18.4 Å². The summed E-state index contributed by atoms with van der Waals surface area (Å²) in [5, 5.41) is 3.66. The largest absolute Gasteiger partial charge is 0.356 e. The zero-order chi connectivity index (χ0) is 21.0. The first-order valence-electron chi connectivity index (χ1n) is 9.68. The number of carbonyl (C=O) groups is 1. The van der Waals surface area contributed by atoms with E-state index < -0.39 is 10.0 Å². The molecule has 2 heterocycles. The second kappa shape index (κ2) is 8.54. The molecule has 30 heavy (non-hydrogen) atoms. The van der Waals surface area contributed by atoms with Crippen molar-refractivity contribution in [3.8, 4) is 0 Å². The molecule has 0 aliphatic heterocycles. The fourth-order valence-electron chi connectivity index (χ4n) is 3.41. The lowest BCUT2D eigenvalue weighted by Gasteiger charge is -2.07. The Balaban J connectivity index is 1.51. The van der Waals surface area contributed by atoms with Gasteiger partial charge in [0.1, 0.15) is 0 Å². The van der Waals surface area contributed by atoms with Gasteiger partial charge in [0, 0.05) is 37.1 Å². The average Bonchev–Trinajstić information content (AvgIpc) is 3.41. The number of benzene rings is 2. The first kappa shape index (κ1) is 19.9. The number of imidazole rings is 1. The monoisotopic (exact) mass is 422 g/mol. The molecular formula is C22H22N4O3S. The van der Waals surface area contributed by atoms with Crippen LogP contribution in [-0.4, -0.2) is 34.4 Å². The number of carbonyl (C=O) groups excluding carboxylic acids is 1. The molecule has 0 unspecified atom stereocenters. The number of aromatic nitrogens is 3. The van der Waals surface area contributed by atoms with Crippen molar-refractivity contribution in [1.82, 2.24) is 18.8 Å². The van der Waals surface area contributed by atoms with Crippen LogP contribution in [0.1, 0.15) is 12.0 Å². The van der Waals surface area contributed by atoms with Gasteiger partial charge >= 0.3 is 0 Å². The van der Waals surface area contributed by atoms with Gasteiger partial charge in [-0.25, -0.2) is 17.4 Å². The standard InChI is InChI=1S/C22H22N4O3S/c27-22(24-11-6-13-25-14-12-23-17-25)15-18-16-26(21-10-5-4-9-20(18)21)30(28,29)19-7-2-1-3-8-19/h1-5,7-10,12,14,16-17H,6,11,13,15H2,(H,24,27). The van der Waals surface area contributed by atoms with E-state index in [-0.39, 0.29) is 17.2 Å². The predicted octanol–water partition coefficient (Wildman–Crippen LogP) is 2.82. The number of fused-ring (bicyclic) bond motifs is 1. The van der Waals surface area contributed by atoms with E-state index in [2.05, 4.69) is 10.3 Å². The minimum absolute atomic E-state index is 0.114. The van der Waals surface area contributed by atoms with Gasteiger partial charge in [0.05, 0.1) is 23.2 Å². The smallest absolute Gasteiger partial charge is 0.268 e. The molecule has 2 aromatic heterocycles. The van der Waals surface area contributed by atoms with Crippen molar-refractivity contribution in [2.75, 3.05) is 6.54 Å². The zero-order valence-electron chi connectivity index (χ0n) is 16.3. The van der Waals surface area contributed by atoms with Crippen LogP contribution in [0.15, 0.2) is 84.4 Å². The molecule has 1 amide bonds. The molecule has 0 saturated carbocycles. The highest BCUT2D eigenvalue weighted by Gasteiger charge is 2.21. The fourth-order valence-corrected chi connectivity index (χ4v) is 4.82. The van der Waals surface area contributed by atoms with Crippen LogP contribution in [-0.2, 0) is 27.8 Å². The third kappa shape index (κ3) is 4.13. The van der Waals surface area contributed by atoms with E-state index in [0.29, 0.717) is 17.6 Å². The number of nitrogens with one attached hydrogen (secondary N) is 1. The van der Waals surface area contributed by atoms with E-state index in [1.54, 1.807) is 61.2 Å².